The van der Waals surface area contributed by atoms with Gasteiger partial charge in [-0.2, -0.15) is 5.10 Å². The minimum absolute atomic E-state index is 0.0235. The number of aryl methyl sites for hydroxylation is 1. The van der Waals surface area contributed by atoms with Crippen LogP contribution in [-0.2, 0) is 16.1 Å². The molecule has 228 valence electrons. The van der Waals surface area contributed by atoms with Gasteiger partial charge >= 0.3 is 0 Å². The first kappa shape index (κ1) is 30.3. The summed E-state index contributed by atoms with van der Waals surface area (Å²) >= 11 is 0. The lowest BCUT2D eigenvalue weighted by atomic mass is 9.80. The van der Waals surface area contributed by atoms with E-state index in [0.29, 0.717) is 31.7 Å². The van der Waals surface area contributed by atoms with Crippen LogP contribution in [0.3, 0.4) is 0 Å². The molecule has 0 radical (unpaired) electrons. The number of piperidine rings is 1. The van der Waals surface area contributed by atoms with E-state index in [1.54, 1.807) is 0 Å². The van der Waals surface area contributed by atoms with Crippen molar-refractivity contribution in [3.05, 3.63) is 46.8 Å². The van der Waals surface area contributed by atoms with Crippen molar-refractivity contribution in [1.29, 1.82) is 0 Å². The molecule has 3 fully saturated rings. The highest BCUT2D eigenvalue weighted by Crippen LogP contribution is 2.35. The van der Waals surface area contributed by atoms with Crippen molar-refractivity contribution in [3.63, 3.8) is 0 Å². The van der Waals surface area contributed by atoms with Crippen molar-refractivity contribution in [2.45, 2.75) is 97.7 Å². The van der Waals surface area contributed by atoms with Gasteiger partial charge in [-0.05, 0) is 82.6 Å². The molecule has 9 nitrogen and oxygen atoms in total. The first-order valence-electron chi connectivity index (χ1n) is 15.9. The van der Waals surface area contributed by atoms with Crippen molar-refractivity contribution in [2.24, 2.45) is 5.92 Å². The van der Waals surface area contributed by atoms with Crippen LogP contribution < -0.4 is 5.32 Å². The van der Waals surface area contributed by atoms with E-state index in [9.17, 15) is 14.4 Å². The molecule has 3 aliphatic rings. The van der Waals surface area contributed by atoms with Gasteiger partial charge < -0.3 is 15.1 Å². The molecule has 3 aliphatic heterocycles. The van der Waals surface area contributed by atoms with Gasteiger partial charge in [0.25, 0.3) is 5.91 Å². The van der Waals surface area contributed by atoms with Gasteiger partial charge in [-0.1, -0.05) is 27.2 Å². The highest BCUT2D eigenvalue weighted by Gasteiger charge is 2.53. The second kappa shape index (κ2) is 12.6. The van der Waals surface area contributed by atoms with Crippen LogP contribution in [-0.4, -0.2) is 86.5 Å². The Hall–Kier alpha value is -3.20. The summed E-state index contributed by atoms with van der Waals surface area (Å²) in [7, 11) is 0. The molecule has 1 N–H and O–H groups in total. The Labute approximate surface area is 250 Å². The average molecular weight is 577 g/mol. The topological polar surface area (TPSA) is 90.8 Å². The van der Waals surface area contributed by atoms with E-state index >= 15 is 0 Å². The molecule has 1 spiro atoms. The Bertz CT molecular complexity index is 1290. The molecule has 4 heterocycles. The molecule has 2 aromatic rings. The first-order valence-corrected chi connectivity index (χ1v) is 15.9. The van der Waals surface area contributed by atoms with Crippen molar-refractivity contribution in [1.82, 2.24) is 29.8 Å². The lowest BCUT2D eigenvalue weighted by Gasteiger charge is -2.52. The second-order valence-corrected chi connectivity index (χ2v) is 12.9. The third-order valence-corrected chi connectivity index (χ3v) is 9.51. The molecular weight excluding hydrogens is 528 g/mol. The summed E-state index contributed by atoms with van der Waals surface area (Å²) in [6.45, 7) is 15.0. The molecule has 1 atom stereocenters. The maximum absolute atomic E-state index is 13.6. The predicted octanol–water partition coefficient (Wildman–Crippen LogP) is 4.23. The van der Waals surface area contributed by atoms with Gasteiger partial charge in [-0.3, -0.25) is 19.3 Å². The summed E-state index contributed by atoms with van der Waals surface area (Å²) in [5.74, 6) is 0.556. The molecule has 1 aromatic heterocycles. The summed E-state index contributed by atoms with van der Waals surface area (Å²) in [6, 6.07) is 7.35. The van der Waals surface area contributed by atoms with Crippen LogP contribution in [0, 0.1) is 19.8 Å². The van der Waals surface area contributed by atoms with Crippen molar-refractivity contribution >= 4 is 17.7 Å². The molecule has 0 unspecified atom stereocenters. The Morgan fingerprint density at radius 3 is 2.33 bits per heavy atom. The standard InChI is InChI=1S/C33H48N6O3/c1-6-7-18-38-31(41)29(21-23(2)3)34-32(42)33(38)14-19-36(20-15-33)22-28-24(4)35-39(25(28)5)27-12-10-26(11-13-27)30(40)37-16-8-9-17-37/h10-13,23,29H,6-9,14-22H2,1-5H3,(H,34,42)/t29-/m0/s1. The molecule has 0 bridgehead atoms. The molecule has 1 aromatic carbocycles. The van der Waals surface area contributed by atoms with Gasteiger partial charge in [0.05, 0.1) is 11.4 Å². The first-order chi connectivity index (χ1) is 20.1. The van der Waals surface area contributed by atoms with Crippen LogP contribution in [0.25, 0.3) is 5.69 Å². The van der Waals surface area contributed by atoms with E-state index in [4.69, 9.17) is 5.10 Å². The highest BCUT2D eigenvalue weighted by molar-refractivity contribution is 6.00. The monoisotopic (exact) mass is 576 g/mol. The summed E-state index contributed by atoms with van der Waals surface area (Å²) < 4.78 is 1.97. The zero-order chi connectivity index (χ0) is 30.0. The number of unbranched alkanes of at least 4 members (excludes halogenated alkanes) is 1. The fourth-order valence-electron chi connectivity index (χ4n) is 6.95. The van der Waals surface area contributed by atoms with Crippen LogP contribution in [0.5, 0.6) is 0 Å². The Morgan fingerprint density at radius 2 is 1.71 bits per heavy atom. The van der Waals surface area contributed by atoms with Crippen LogP contribution >= 0.6 is 0 Å². The van der Waals surface area contributed by atoms with E-state index in [-0.39, 0.29) is 17.7 Å². The quantitative estimate of drug-likeness (QED) is 0.483. The molecule has 3 amide bonds. The predicted molar refractivity (Wildman–Crippen MR) is 163 cm³/mol. The van der Waals surface area contributed by atoms with E-state index in [2.05, 4.69) is 37.9 Å². The van der Waals surface area contributed by atoms with Crippen molar-refractivity contribution in [2.75, 3.05) is 32.7 Å². The number of benzene rings is 1. The van der Waals surface area contributed by atoms with E-state index in [1.165, 1.54) is 5.56 Å². The number of nitrogens with one attached hydrogen (secondary N) is 1. The number of carbonyl (C=O) groups excluding carboxylic acids is 3. The summed E-state index contributed by atoms with van der Waals surface area (Å²) in [6.07, 6.45) is 6.01. The molecule has 3 saturated heterocycles. The fourth-order valence-corrected chi connectivity index (χ4v) is 6.95. The number of piperazine rings is 1. The zero-order valence-corrected chi connectivity index (χ0v) is 26.1. The van der Waals surface area contributed by atoms with Gasteiger partial charge in [0, 0.05) is 56.1 Å². The SMILES string of the molecule is CCCCN1C(=O)[C@H](CC(C)C)NC(=O)C12CCN(Cc1c(C)nn(-c3ccc(C(=O)N4CCCC4)cc3)c1C)CC2. The van der Waals surface area contributed by atoms with Crippen LogP contribution in [0.4, 0.5) is 0 Å². The van der Waals surface area contributed by atoms with E-state index in [0.717, 1.165) is 81.0 Å². The van der Waals surface area contributed by atoms with Gasteiger partial charge in [0.15, 0.2) is 0 Å². The van der Waals surface area contributed by atoms with Gasteiger partial charge in [0.1, 0.15) is 11.6 Å². The number of likely N-dealkylation sites (tertiary alicyclic amines) is 2. The summed E-state index contributed by atoms with van der Waals surface area (Å²) in [5, 5.41) is 7.97. The number of amides is 3. The molecule has 0 saturated carbocycles. The van der Waals surface area contributed by atoms with Gasteiger partial charge in [-0.25, -0.2) is 4.68 Å². The number of rotatable bonds is 9. The van der Waals surface area contributed by atoms with Gasteiger partial charge in [0.2, 0.25) is 11.8 Å². The van der Waals surface area contributed by atoms with Crippen LogP contribution in [0.15, 0.2) is 24.3 Å². The Balaban J connectivity index is 1.27. The summed E-state index contributed by atoms with van der Waals surface area (Å²) in [4.78, 5) is 46.2. The second-order valence-electron chi connectivity index (χ2n) is 12.9. The smallest absolute Gasteiger partial charge is 0.253 e. The average Bonchev–Trinajstić information content (AvgIpc) is 3.61. The Morgan fingerprint density at radius 1 is 1.05 bits per heavy atom. The van der Waals surface area contributed by atoms with Crippen molar-refractivity contribution in [3.8, 4) is 5.69 Å². The van der Waals surface area contributed by atoms with E-state index < -0.39 is 11.6 Å². The summed E-state index contributed by atoms with van der Waals surface area (Å²) in [5.41, 5.74) is 4.16. The molecule has 5 rings (SSSR count). The zero-order valence-electron chi connectivity index (χ0n) is 26.1. The van der Waals surface area contributed by atoms with Gasteiger partial charge in [-0.15, -0.1) is 0 Å². The maximum Gasteiger partial charge on any atom is 0.253 e. The van der Waals surface area contributed by atoms with Crippen LogP contribution in [0.1, 0.15) is 93.0 Å². The number of nitrogens with zero attached hydrogens (tertiary/aromatic N) is 5. The van der Waals surface area contributed by atoms with E-state index in [1.807, 2.05) is 45.7 Å². The van der Waals surface area contributed by atoms with Crippen LogP contribution in [0.2, 0.25) is 0 Å². The minimum atomic E-state index is -0.751. The fraction of sp³-hybridized carbons (Fsp3) is 0.636. The number of carbonyl (C=O) groups is 3. The Kier molecular flexibility index (Phi) is 9.06. The molecule has 0 aliphatic carbocycles. The van der Waals surface area contributed by atoms with Crippen molar-refractivity contribution < 1.29 is 14.4 Å². The third kappa shape index (κ3) is 5.85. The third-order valence-electron chi connectivity index (χ3n) is 9.51. The maximum atomic E-state index is 13.6. The minimum Gasteiger partial charge on any atom is -0.342 e. The highest BCUT2D eigenvalue weighted by atomic mass is 16.2. The molecular formula is C33H48N6O3. The largest absolute Gasteiger partial charge is 0.342 e. The molecule has 9 heteroatoms. The number of aromatic nitrogens is 2. The normalized spacial score (nSPS) is 21.0. The number of hydrogen-bond acceptors (Lipinski definition) is 5. The lowest BCUT2D eigenvalue weighted by molar-refractivity contribution is -0.161. The number of hydrogen-bond donors (Lipinski definition) is 1. The molecule has 42 heavy (non-hydrogen) atoms. The lowest BCUT2D eigenvalue weighted by Crippen LogP contribution is -2.73.